The molecule has 10 heteroatoms. The van der Waals surface area contributed by atoms with Crippen molar-refractivity contribution in [2.75, 3.05) is 6.61 Å². The maximum absolute atomic E-state index is 13.7. The average Bonchev–Trinajstić information content (AvgIpc) is 3.74. The first-order valence-corrected chi connectivity index (χ1v) is 13.9. The molecular weight excluding hydrogens is 500 g/mol. The number of hydrogen-bond acceptors (Lipinski definition) is 8. The number of furan rings is 1. The zero-order valence-electron chi connectivity index (χ0n) is 21.2. The number of pyridine rings is 1. The molecule has 38 heavy (non-hydrogen) atoms. The Balaban J connectivity index is 1.50. The van der Waals surface area contributed by atoms with E-state index in [1.165, 1.54) is 10.4 Å². The number of ether oxygens (including phenoxy) is 1. The van der Waals surface area contributed by atoms with Gasteiger partial charge in [0.25, 0.3) is 5.56 Å². The molecule has 9 nitrogen and oxygen atoms in total. The quantitative estimate of drug-likeness (QED) is 0.279. The standard InChI is InChI=1S/C28H30N6O3S/c1-2-19-9-10-25-20(14-19)15-24(28(35)29-25)26(27-30-31-32-34(27)17-22-7-4-12-37-22)33(16-21-6-3-11-36-21)18-23-8-5-13-38-23/h3,5-6,8-11,13-15,22,26H,2,4,7,12,16-18H2,1H3,(H,29,35)/t22-,26-/m1/s1. The molecule has 1 saturated heterocycles. The van der Waals surface area contributed by atoms with Crippen molar-refractivity contribution in [3.63, 3.8) is 0 Å². The zero-order valence-corrected chi connectivity index (χ0v) is 22.1. The van der Waals surface area contributed by atoms with Gasteiger partial charge in [-0.15, -0.1) is 16.4 Å². The highest BCUT2D eigenvalue weighted by atomic mass is 32.1. The van der Waals surface area contributed by atoms with Crippen LogP contribution in [0.3, 0.4) is 0 Å². The van der Waals surface area contributed by atoms with Crippen molar-refractivity contribution >= 4 is 22.2 Å². The number of tetrazole rings is 1. The first kappa shape index (κ1) is 24.7. The van der Waals surface area contributed by atoms with Gasteiger partial charge in [0.1, 0.15) is 11.8 Å². The summed E-state index contributed by atoms with van der Waals surface area (Å²) in [7, 11) is 0. The molecule has 1 aromatic carbocycles. The summed E-state index contributed by atoms with van der Waals surface area (Å²) in [6, 6.07) is 15.6. The largest absolute Gasteiger partial charge is 0.468 e. The van der Waals surface area contributed by atoms with Crippen molar-refractivity contribution in [3.05, 3.63) is 98.1 Å². The minimum atomic E-state index is -0.517. The molecule has 1 aliphatic rings. The van der Waals surface area contributed by atoms with Crippen LogP contribution in [-0.4, -0.2) is 42.8 Å². The fourth-order valence-corrected chi connectivity index (χ4v) is 5.89. The van der Waals surface area contributed by atoms with Gasteiger partial charge in [-0.1, -0.05) is 19.1 Å². The molecule has 5 heterocycles. The normalized spacial score (nSPS) is 16.5. The lowest BCUT2D eigenvalue weighted by atomic mass is 10.0. The Morgan fingerprint density at radius 3 is 2.92 bits per heavy atom. The molecule has 1 fully saturated rings. The Hall–Kier alpha value is -3.60. The topological polar surface area (TPSA) is 102 Å². The van der Waals surface area contributed by atoms with Gasteiger partial charge in [-0.2, -0.15) is 0 Å². The minimum absolute atomic E-state index is 0.0516. The van der Waals surface area contributed by atoms with Crippen LogP contribution in [0.1, 0.15) is 53.4 Å². The third-order valence-corrected chi connectivity index (χ3v) is 7.95. The summed E-state index contributed by atoms with van der Waals surface area (Å²) in [5.74, 6) is 1.41. The molecular formula is C28H30N6O3S. The highest BCUT2D eigenvalue weighted by Gasteiger charge is 2.32. The molecule has 6 rings (SSSR count). The molecule has 1 N–H and O–H groups in total. The monoisotopic (exact) mass is 530 g/mol. The molecule has 0 radical (unpaired) electrons. The fourth-order valence-electron chi connectivity index (χ4n) is 5.16. The molecule has 0 bridgehead atoms. The van der Waals surface area contributed by atoms with Crippen LogP contribution < -0.4 is 5.56 Å². The Kier molecular flexibility index (Phi) is 7.17. The molecule has 2 atom stereocenters. The zero-order chi connectivity index (χ0) is 25.9. The van der Waals surface area contributed by atoms with Crippen LogP contribution >= 0.6 is 11.3 Å². The van der Waals surface area contributed by atoms with E-state index in [-0.39, 0.29) is 11.7 Å². The summed E-state index contributed by atoms with van der Waals surface area (Å²) in [5.41, 5.74) is 2.46. The predicted molar refractivity (Wildman–Crippen MR) is 145 cm³/mol. The fraction of sp³-hybridized carbons (Fsp3) is 0.357. The smallest absolute Gasteiger partial charge is 0.253 e. The summed E-state index contributed by atoms with van der Waals surface area (Å²) in [6.07, 6.45) is 4.63. The van der Waals surface area contributed by atoms with Crippen molar-refractivity contribution in [3.8, 4) is 0 Å². The second-order valence-electron chi connectivity index (χ2n) is 9.65. The number of rotatable bonds is 10. The summed E-state index contributed by atoms with van der Waals surface area (Å²) < 4.78 is 13.4. The number of nitrogens with one attached hydrogen (secondary N) is 1. The number of H-pyrrole nitrogens is 1. The van der Waals surface area contributed by atoms with Gasteiger partial charge in [0, 0.05) is 29.1 Å². The third-order valence-electron chi connectivity index (χ3n) is 7.09. The number of fused-ring (bicyclic) bond motifs is 1. The van der Waals surface area contributed by atoms with Gasteiger partial charge in [-0.3, -0.25) is 9.69 Å². The van der Waals surface area contributed by atoms with Gasteiger partial charge >= 0.3 is 0 Å². The molecule has 1 aliphatic heterocycles. The van der Waals surface area contributed by atoms with E-state index in [1.807, 2.05) is 30.3 Å². The summed E-state index contributed by atoms with van der Waals surface area (Å²) in [4.78, 5) is 20.2. The maximum atomic E-state index is 13.7. The Morgan fingerprint density at radius 2 is 2.16 bits per heavy atom. The van der Waals surface area contributed by atoms with Crippen molar-refractivity contribution < 1.29 is 9.15 Å². The van der Waals surface area contributed by atoms with Crippen LogP contribution in [0.2, 0.25) is 0 Å². The number of hydrogen-bond donors (Lipinski definition) is 1. The summed E-state index contributed by atoms with van der Waals surface area (Å²) >= 11 is 1.68. The van der Waals surface area contributed by atoms with E-state index in [2.05, 4.69) is 55.9 Å². The van der Waals surface area contributed by atoms with Crippen molar-refractivity contribution in [2.45, 2.75) is 58.0 Å². The number of aryl methyl sites for hydroxylation is 1. The number of aromatic amines is 1. The Morgan fingerprint density at radius 1 is 1.21 bits per heavy atom. The molecule has 0 amide bonds. The minimum Gasteiger partial charge on any atom is -0.468 e. The Bertz CT molecular complexity index is 1500. The lowest BCUT2D eigenvalue weighted by Crippen LogP contribution is -2.35. The lowest BCUT2D eigenvalue weighted by Gasteiger charge is -2.30. The highest BCUT2D eigenvalue weighted by molar-refractivity contribution is 7.09. The van der Waals surface area contributed by atoms with Crippen LogP contribution in [-0.2, 0) is 30.8 Å². The first-order valence-electron chi connectivity index (χ1n) is 13.0. The second-order valence-corrected chi connectivity index (χ2v) is 10.7. The van der Waals surface area contributed by atoms with Gasteiger partial charge in [0.15, 0.2) is 5.82 Å². The molecule has 0 unspecified atom stereocenters. The van der Waals surface area contributed by atoms with E-state index in [9.17, 15) is 4.79 Å². The summed E-state index contributed by atoms with van der Waals surface area (Å²) in [6.45, 7) is 4.50. The summed E-state index contributed by atoms with van der Waals surface area (Å²) in [5, 5.41) is 15.9. The predicted octanol–water partition coefficient (Wildman–Crippen LogP) is 4.70. The molecule has 0 spiro atoms. The third kappa shape index (κ3) is 5.20. The van der Waals surface area contributed by atoms with E-state index in [0.717, 1.165) is 42.5 Å². The number of thiophene rings is 1. The van der Waals surface area contributed by atoms with Gasteiger partial charge in [-0.25, -0.2) is 4.68 Å². The van der Waals surface area contributed by atoms with Gasteiger partial charge in [-0.05, 0) is 82.4 Å². The van der Waals surface area contributed by atoms with E-state index in [1.54, 1.807) is 22.3 Å². The van der Waals surface area contributed by atoms with E-state index < -0.39 is 6.04 Å². The molecule has 196 valence electrons. The molecule has 5 aromatic rings. The van der Waals surface area contributed by atoms with Crippen LogP contribution in [0.4, 0.5) is 0 Å². The van der Waals surface area contributed by atoms with Crippen LogP contribution in [0.25, 0.3) is 10.9 Å². The second kappa shape index (κ2) is 11.0. The molecule has 4 aromatic heterocycles. The first-order chi connectivity index (χ1) is 18.7. The van der Waals surface area contributed by atoms with Gasteiger partial charge in [0.05, 0.1) is 25.5 Å². The van der Waals surface area contributed by atoms with Crippen LogP contribution in [0.15, 0.2) is 69.4 Å². The van der Waals surface area contributed by atoms with Crippen molar-refractivity contribution in [1.29, 1.82) is 0 Å². The van der Waals surface area contributed by atoms with Crippen molar-refractivity contribution in [1.82, 2.24) is 30.1 Å². The lowest BCUT2D eigenvalue weighted by molar-refractivity contribution is 0.0901. The van der Waals surface area contributed by atoms with Crippen molar-refractivity contribution in [2.24, 2.45) is 0 Å². The maximum Gasteiger partial charge on any atom is 0.253 e. The SMILES string of the molecule is CCc1ccc2[nH]c(=O)c([C@H](c3nnnn3C[C@H]3CCCO3)N(Cc3ccco3)Cc3cccs3)cc2c1. The molecule has 0 saturated carbocycles. The number of benzene rings is 1. The van der Waals surface area contributed by atoms with E-state index in [0.29, 0.717) is 31.0 Å². The van der Waals surface area contributed by atoms with Gasteiger partial charge in [0.2, 0.25) is 0 Å². The highest BCUT2D eigenvalue weighted by Crippen LogP contribution is 2.31. The number of aromatic nitrogens is 5. The van der Waals surface area contributed by atoms with Crippen LogP contribution in [0, 0.1) is 0 Å². The Labute approximate surface area is 224 Å². The average molecular weight is 531 g/mol. The number of nitrogens with zero attached hydrogens (tertiary/aromatic N) is 5. The van der Waals surface area contributed by atoms with Crippen LogP contribution in [0.5, 0.6) is 0 Å². The van der Waals surface area contributed by atoms with Gasteiger partial charge < -0.3 is 14.1 Å². The van der Waals surface area contributed by atoms with E-state index >= 15 is 0 Å². The van der Waals surface area contributed by atoms with E-state index in [4.69, 9.17) is 9.15 Å². The molecule has 0 aliphatic carbocycles.